The summed E-state index contributed by atoms with van der Waals surface area (Å²) in [5.74, 6) is -5.86. The fraction of sp³-hybridized carbons (Fsp3) is 0.250. The molecular weight excluding hydrogens is 409 g/mol. The molecule has 0 bridgehead atoms. The van der Waals surface area contributed by atoms with Crippen LogP contribution in [0, 0.1) is 29.1 Å². The molecule has 5 nitrogen and oxygen atoms in total. The SMILES string of the molecule is CC1Cc2noc(-c3ccc(F)cc3F)c2CN1C(O)Nc1cc(F)c(F)c(F)c1. The molecule has 0 saturated heterocycles. The van der Waals surface area contributed by atoms with Gasteiger partial charge in [0.25, 0.3) is 0 Å². The minimum absolute atomic E-state index is 0.0183. The second-order valence-electron chi connectivity index (χ2n) is 7.06. The predicted octanol–water partition coefficient (Wildman–Crippen LogP) is 4.17. The number of aliphatic hydroxyl groups excluding tert-OH is 1. The summed E-state index contributed by atoms with van der Waals surface area (Å²) in [4.78, 5) is 1.53. The Morgan fingerprint density at radius 3 is 2.47 bits per heavy atom. The lowest BCUT2D eigenvalue weighted by Crippen LogP contribution is -2.48. The van der Waals surface area contributed by atoms with Crippen LogP contribution in [0.25, 0.3) is 11.3 Å². The lowest BCUT2D eigenvalue weighted by Gasteiger charge is -2.36. The van der Waals surface area contributed by atoms with E-state index in [0.717, 1.165) is 24.3 Å². The highest BCUT2D eigenvalue weighted by molar-refractivity contribution is 5.63. The Kier molecular flexibility index (Phi) is 5.20. The van der Waals surface area contributed by atoms with Gasteiger partial charge in [0, 0.05) is 48.5 Å². The van der Waals surface area contributed by atoms with Crippen molar-refractivity contribution < 1.29 is 31.6 Å². The molecule has 30 heavy (non-hydrogen) atoms. The van der Waals surface area contributed by atoms with Crippen LogP contribution in [0.3, 0.4) is 0 Å². The van der Waals surface area contributed by atoms with E-state index >= 15 is 0 Å². The largest absolute Gasteiger partial charge is 0.361 e. The van der Waals surface area contributed by atoms with Gasteiger partial charge < -0.3 is 14.9 Å². The number of nitrogens with zero attached hydrogens (tertiary/aromatic N) is 2. The van der Waals surface area contributed by atoms with Gasteiger partial charge >= 0.3 is 0 Å². The first kappa shape index (κ1) is 20.3. The van der Waals surface area contributed by atoms with Gasteiger partial charge in [0.05, 0.1) is 11.3 Å². The molecule has 2 aromatic carbocycles. The molecule has 0 saturated carbocycles. The first-order chi connectivity index (χ1) is 14.2. The maximum Gasteiger partial charge on any atom is 0.194 e. The summed E-state index contributed by atoms with van der Waals surface area (Å²) in [6, 6.07) is 4.21. The number of halogens is 5. The van der Waals surface area contributed by atoms with Crippen molar-refractivity contribution in [3.05, 3.63) is 70.7 Å². The topological polar surface area (TPSA) is 61.5 Å². The molecule has 2 N–H and O–H groups in total. The lowest BCUT2D eigenvalue weighted by molar-refractivity contribution is -0.0120. The first-order valence-corrected chi connectivity index (χ1v) is 9.02. The van der Waals surface area contributed by atoms with Gasteiger partial charge in [-0.05, 0) is 19.1 Å². The fourth-order valence-corrected chi connectivity index (χ4v) is 3.48. The van der Waals surface area contributed by atoms with Gasteiger partial charge in [0.2, 0.25) is 0 Å². The quantitative estimate of drug-likeness (QED) is 0.373. The van der Waals surface area contributed by atoms with E-state index in [1.807, 2.05) is 0 Å². The van der Waals surface area contributed by atoms with Crippen molar-refractivity contribution in [2.45, 2.75) is 32.3 Å². The summed E-state index contributed by atoms with van der Waals surface area (Å²) < 4.78 is 72.7. The molecule has 0 spiro atoms. The minimum atomic E-state index is -1.61. The van der Waals surface area contributed by atoms with Crippen LogP contribution in [0.4, 0.5) is 27.6 Å². The number of fused-ring (bicyclic) bond motifs is 1. The summed E-state index contributed by atoms with van der Waals surface area (Å²) in [6.45, 7) is 1.85. The van der Waals surface area contributed by atoms with E-state index in [4.69, 9.17) is 4.52 Å². The number of hydrogen-bond donors (Lipinski definition) is 2. The molecule has 3 aromatic rings. The third-order valence-electron chi connectivity index (χ3n) is 5.03. The zero-order valence-corrected chi connectivity index (χ0v) is 15.6. The van der Waals surface area contributed by atoms with Gasteiger partial charge in [-0.15, -0.1) is 0 Å². The average Bonchev–Trinajstić information content (AvgIpc) is 3.07. The third kappa shape index (κ3) is 3.63. The van der Waals surface area contributed by atoms with Gasteiger partial charge in [-0.2, -0.15) is 0 Å². The average molecular weight is 425 g/mol. The second kappa shape index (κ2) is 7.69. The van der Waals surface area contributed by atoms with E-state index in [-0.39, 0.29) is 29.6 Å². The van der Waals surface area contributed by atoms with E-state index in [0.29, 0.717) is 17.7 Å². The molecule has 4 rings (SSSR count). The van der Waals surface area contributed by atoms with Gasteiger partial charge in [0.15, 0.2) is 29.6 Å². The molecule has 2 heterocycles. The van der Waals surface area contributed by atoms with E-state index in [1.165, 1.54) is 11.0 Å². The van der Waals surface area contributed by atoms with E-state index in [9.17, 15) is 27.1 Å². The predicted molar refractivity (Wildman–Crippen MR) is 96.5 cm³/mol. The highest BCUT2D eigenvalue weighted by Crippen LogP contribution is 2.34. The molecule has 2 atom stereocenters. The van der Waals surface area contributed by atoms with Crippen LogP contribution in [-0.4, -0.2) is 27.6 Å². The van der Waals surface area contributed by atoms with Gasteiger partial charge in [0.1, 0.15) is 11.6 Å². The van der Waals surface area contributed by atoms with Crippen LogP contribution >= 0.6 is 0 Å². The van der Waals surface area contributed by atoms with E-state index in [2.05, 4.69) is 10.5 Å². The maximum absolute atomic E-state index is 14.2. The number of nitrogens with one attached hydrogen (secondary N) is 1. The molecule has 0 aliphatic carbocycles. The van der Waals surface area contributed by atoms with Gasteiger partial charge in [-0.25, -0.2) is 22.0 Å². The number of anilines is 1. The molecule has 158 valence electrons. The zero-order chi connectivity index (χ0) is 21.6. The van der Waals surface area contributed by atoms with Crippen molar-refractivity contribution in [2.75, 3.05) is 5.32 Å². The molecular formula is C20H16F5N3O2. The monoisotopic (exact) mass is 425 g/mol. The van der Waals surface area contributed by atoms with Crippen LogP contribution in [0.1, 0.15) is 18.2 Å². The van der Waals surface area contributed by atoms with Crippen molar-refractivity contribution in [2.24, 2.45) is 0 Å². The van der Waals surface area contributed by atoms with Crippen LogP contribution in [-0.2, 0) is 13.0 Å². The summed E-state index contributed by atoms with van der Waals surface area (Å²) in [6.07, 6.45) is -1.06. The van der Waals surface area contributed by atoms with Gasteiger partial charge in [-0.1, -0.05) is 5.16 Å². The Balaban J connectivity index is 1.60. The van der Waals surface area contributed by atoms with Crippen molar-refractivity contribution in [1.29, 1.82) is 0 Å². The van der Waals surface area contributed by atoms with Crippen molar-refractivity contribution in [1.82, 2.24) is 10.1 Å². The van der Waals surface area contributed by atoms with Crippen LogP contribution < -0.4 is 5.32 Å². The van der Waals surface area contributed by atoms with Crippen LogP contribution in [0.15, 0.2) is 34.9 Å². The molecule has 0 amide bonds. The second-order valence-corrected chi connectivity index (χ2v) is 7.06. The Bertz CT molecular complexity index is 1080. The zero-order valence-electron chi connectivity index (χ0n) is 15.6. The summed E-state index contributed by atoms with van der Waals surface area (Å²) in [5.41, 5.74) is 0.913. The summed E-state index contributed by atoms with van der Waals surface area (Å²) in [7, 11) is 0. The molecule has 10 heteroatoms. The Morgan fingerprint density at radius 2 is 1.80 bits per heavy atom. The molecule has 2 unspecified atom stereocenters. The van der Waals surface area contributed by atoms with E-state index in [1.54, 1.807) is 6.92 Å². The molecule has 0 fully saturated rings. The van der Waals surface area contributed by atoms with Crippen molar-refractivity contribution in [3.8, 4) is 11.3 Å². The molecule has 1 aliphatic heterocycles. The molecule has 1 aliphatic rings. The number of hydrogen-bond acceptors (Lipinski definition) is 5. The number of aromatic nitrogens is 1. The highest BCUT2D eigenvalue weighted by atomic mass is 19.2. The number of aliphatic hydroxyl groups is 1. The first-order valence-electron chi connectivity index (χ1n) is 9.02. The Labute approximate surface area is 167 Å². The Morgan fingerprint density at radius 1 is 1.10 bits per heavy atom. The minimum Gasteiger partial charge on any atom is -0.361 e. The Hall–Kier alpha value is -2.98. The van der Waals surface area contributed by atoms with E-state index < -0.39 is 35.4 Å². The summed E-state index contributed by atoms with van der Waals surface area (Å²) >= 11 is 0. The van der Waals surface area contributed by atoms with Crippen molar-refractivity contribution in [3.63, 3.8) is 0 Å². The standard InChI is InChI=1S/C20H16F5N3O2/c1-9-4-17-13(19(30-27-17)12-3-2-10(21)5-14(12)22)8-28(9)20(29)26-11-6-15(23)18(25)16(24)7-11/h2-3,5-7,9,20,26,29H,4,8H2,1H3. The van der Waals surface area contributed by atoms with Crippen LogP contribution in [0.2, 0.25) is 0 Å². The molecule has 1 aromatic heterocycles. The smallest absolute Gasteiger partial charge is 0.194 e. The number of rotatable bonds is 4. The third-order valence-corrected chi connectivity index (χ3v) is 5.03. The normalized spacial score (nSPS) is 17.6. The molecule has 0 radical (unpaired) electrons. The fourth-order valence-electron chi connectivity index (χ4n) is 3.48. The maximum atomic E-state index is 14.2. The summed E-state index contributed by atoms with van der Waals surface area (Å²) in [5, 5.41) is 17.0. The van der Waals surface area contributed by atoms with Gasteiger partial charge in [-0.3, -0.25) is 4.90 Å². The lowest BCUT2D eigenvalue weighted by atomic mass is 9.97. The highest BCUT2D eigenvalue weighted by Gasteiger charge is 2.33. The number of benzene rings is 2. The van der Waals surface area contributed by atoms with Crippen LogP contribution in [0.5, 0.6) is 0 Å². The van der Waals surface area contributed by atoms with Crippen molar-refractivity contribution >= 4 is 5.69 Å².